The van der Waals surface area contributed by atoms with Gasteiger partial charge >= 0.3 is 11.8 Å². The molecule has 0 radical (unpaired) electrons. The molecule has 1 aliphatic rings. The summed E-state index contributed by atoms with van der Waals surface area (Å²) in [4.78, 5) is 13.6. The van der Waals surface area contributed by atoms with Crippen molar-refractivity contribution < 1.29 is 18.1 Å². The van der Waals surface area contributed by atoms with E-state index in [0.29, 0.717) is 0 Å². The number of sulfone groups is 1. The molecule has 1 unspecified atom stereocenters. The van der Waals surface area contributed by atoms with Crippen molar-refractivity contribution in [3.63, 3.8) is 0 Å². The van der Waals surface area contributed by atoms with E-state index in [1.807, 2.05) is 0 Å². The minimum atomic E-state index is -3.40. The normalized spacial score (nSPS) is 17.7. The lowest BCUT2D eigenvalue weighted by Gasteiger charge is -2.07. The SMILES string of the molecule is O=[N+]([O-])c1cn2c(n1)OC(CS(=O)(=O)c1cccs1)C2. The molecule has 3 rings (SSSR count). The fraction of sp³-hybridized carbons (Fsp3) is 0.300. The molecule has 0 bridgehead atoms. The lowest BCUT2D eigenvalue weighted by atomic mass is 10.4. The van der Waals surface area contributed by atoms with Gasteiger partial charge in [0.1, 0.15) is 16.5 Å². The maximum Gasteiger partial charge on any atom is 0.414 e. The Balaban J connectivity index is 1.73. The third kappa shape index (κ3) is 2.27. The maximum absolute atomic E-state index is 12.1. The summed E-state index contributed by atoms with van der Waals surface area (Å²) in [5.41, 5.74) is 0. The van der Waals surface area contributed by atoms with Crippen molar-refractivity contribution in [2.45, 2.75) is 16.9 Å². The van der Waals surface area contributed by atoms with E-state index in [1.54, 1.807) is 17.5 Å². The van der Waals surface area contributed by atoms with Gasteiger partial charge in [0.15, 0.2) is 9.84 Å². The van der Waals surface area contributed by atoms with Crippen LogP contribution in [-0.2, 0) is 16.4 Å². The molecule has 0 fully saturated rings. The highest BCUT2D eigenvalue weighted by Crippen LogP contribution is 2.27. The largest absolute Gasteiger partial charge is 0.439 e. The van der Waals surface area contributed by atoms with Gasteiger partial charge in [-0.25, -0.2) is 8.42 Å². The van der Waals surface area contributed by atoms with Gasteiger partial charge in [-0.15, -0.1) is 11.3 Å². The summed E-state index contributed by atoms with van der Waals surface area (Å²) in [6, 6.07) is 3.29. The second-order valence-electron chi connectivity index (χ2n) is 4.24. The summed E-state index contributed by atoms with van der Waals surface area (Å²) in [6.07, 6.45) is 0.665. The van der Waals surface area contributed by atoms with E-state index in [4.69, 9.17) is 4.74 Å². The predicted molar refractivity (Wildman–Crippen MR) is 69.7 cm³/mol. The van der Waals surface area contributed by atoms with Crippen LogP contribution in [0.15, 0.2) is 27.9 Å². The standard InChI is InChI=1S/C10H9N3O5S2/c14-13(15)8-5-12-4-7(18-10(12)11-8)6-20(16,17)9-2-1-3-19-9/h1-3,5,7H,4,6H2. The van der Waals surface area contributed by atoms with Crippen LogP contribution in [0, 0.1) is 10.1 Å². The molecule has 1 aliphatic heterocycles. The topological polar surface area (TPSA) is 104 Å². The van der Waals surface area contributed by atoms with Crippen LogP contribution in [0.5, 0.6) is 6.01 Å². The van der Waals surface area contributed by atoms with Crippen molar-refractivity contribution in [1.29, 1.82) is 0 Å². The van der Waals surface area contributed by atoms with Crippen LogP contribution in [-0.4, -0.2) is 34.7 Å². The van der Waals surface area contributed by atoms with Gasteiger partial charge in [-0.2, -0.15) is 0 Å². The Hall–Kier alpha value is -1.94. The lowest BCUT2D eigenvalue weighted by Crippen LogP contribution is -2.25. The van der Waals surface area contributed by atoms with Crippen LogP contribution >= 0.6 is 11.3 Å². The third-order valence-electron chi connectivity index (χ3n) is 2.79. The summed E-state index contributed by atoms with van der Waals surface area (Å²) in [5.74, 6) is -0.482. The van der Waals surface area contributed by atoms with E-state index in [1.165, 1.54) is 10.8 Å². The van der Waals surface area contributed by atoms with Gasteiger partial charge in [-0.05, 0) is 16.4 Å². The lowest BCUT2D eigenvalue weighted by molar-refractivity contribution is -0.389. The van der Waals surface area contributed by atoms with Gasteiger partial charge in [-0.1, -0.05) is 6.07 Å². The van der Waals surface area contributed by atoms with E-state index in [2.05, 4.69) is 4.98 Å². The van der Waals surface area contributed by atoms with Crippen molar-refractivity contribution in [3.05, 3.63) is 33.8 Å². The average molecular weight is 315 g/mol. The third-order valence-corrected chi connectivity index (χ3v) is 6.07. The molecule has 0 aromatic carbocycles. The second-order valence-corrected chi connectivity index (χ2v) is 7.45. The maximum atomic E-state index is 12.1. The number of hydrogen-bond donors (Lipinski definition) is 0. The summed E-state index contributed by atoms with van der Waals surface area (Å²) in [6.45, 7) is 0.237. The summed E-state index contributed by atoms with van der Waals surface area (Å²) in [5, 5.41) is 12.2. The molecular formula is C10H9N3O5S2. The van der Waals surface area contributed by atoms with Gasteiger partial charge in [0.25, 0.3) is 0 Å². The highest BCUT2D eigenvalue weighted by atomic mass is 32.2. The van der Waals surface area contributed by atoms with Crippen molar-refractivity contribution >= 4 is 27.0 Å². The molecule has 0 amide bonds. The van der Waals surface area contributed by atoms with Crippen LogP contribution < -0.4 is 4.74 Å². The first-order chi connectivity index (χ1) is 9.45. The van der Waals surface area contributed by atoms with Crippen LogP contribution in [0.1, 0.15) is 0 Å². The Labute approximate surface area is 117 Å². The number of thiophene rings is 1. The predicted octanol–water partition coefficient (Wildman–Crippen LogP) is 1.09. The zero-order valence-corrected chi connectivity index (χ0v) is 11.6. The van der Waals surface area contributed by atoms with Gasteiger partial charge < -0.3 is 14.9 Å². The Kier molecular flexibility index (Phi) is 2.98. The summed E-state index contributed by atoms with van der Waals surface area (Å²) >= 11 is 1.15. The number of ether oxygens (including phenoxy) is 1. The van der Waals surface area contributed by atoms with Crippen molar-refractivity contribution in [2.24, 2.45) is 0 Å². The molecule has 2 aromatic heterocycles. The molecule has 0 saturated carbocycles. The van der Waals surface area contributed by atoms with Crippen LogP contribution in [0.25, 0.3) is 0 Å². The van der Waals surface area contributed by atoms with E-state index < -0.39 is 20.9 Å². The fourth-order valence-corrected chi connectivity index (χ4v) is 4.48. The molecule has 0 saturated heterocycles. The van der Waals surface area contributed by atoms with Crippen LogP contribution in [0.4, 0.5) is 5.82 Å². The van der Waals surface area contributed by atoms with Crippen LogP contribution in [0.2, 0.25) is 0 Å². The number of hydrogen-bond acceptors (Lipinski definition) is 7. The number of imidazole rings is 1. The molecule has 10 heteroatoms. The molecule has 2 aromatic rings. The molecule has 0 aliphatic carbocycles. The summed E-state index contributed by atoms with van der Waals surface area (Å²) in [7, 11) is -3.40. The molecular weight excluding hydrogens is 306 g/mol. The van der Waals surface area contributed by atoms with Crippen molar-refractivity contribution in [3.8, 4) is 6.01 Å². The van der Waals surface area contributed by atoms with E-state index in [0.717, 1.165) is 11.3 Å². The monoisotopic (exact) mass is 315 g/mol. The molecule has 8 nitrogen and oxygen atoms in total. The van der Waals surface area contributed by atoms with E-state index in [9.17, 15) is 18.5 Å². The Morgan fingerprint density at radius 1 is 1.60 bits per heavy atom. The van der Waals surface area contributed by atoms with Crippen molar-refractivity contribution in [1.82, 2.24) is 9.55 Å². The highest BCUT2D eigenvalue weighted by molar-refractivity contribution is 7.93. The minimum Gasteiger partial charge on any atom is -0.439 e. The Bertz CT molecular complexity index is 726. The molecule has 1 atom stereocenters. The highest BCUT2D eigenvalue weighted by Gasteiger charge is 2.34. The van der Waals surface area contributed by atoms with Crippen molar-refractivity contribution in [2.75, 3.05) is 5.75 Å². The number of fused-ring (bicyclic) bond motifs is 1. The Morgan fingerprint density at radius 2 is 2.40 bits per heavy atom. The average Bonchev–Trinajstić information content (AvgIpc) is 3.01. The van der Waals surface area contributed by atoms with Gasteiger partial charge in [-0.3, -0.25) is 4.57 Å². The first-order valence-electron chi connectivity index (χ1n) is 5.60. The number of nitrogens with zero attached hydrogens (tertiary/aromatic N) is 3. The smallest absolute Gasteiger partial charge is 0.414 e. The first-order valence-corrected chi connectivity index (χ1v) is 8.13. The zero-order chi connectivity index (χ0) is 14.3. The number of nitro groups is 1. The van der Waals surface area contributed by atoms with Gasteiger partial charge in [0.2, 0.25) is 0 Å². The molecule has 106 valence electrons. The van der Waals surface area contributed by atoms with Crippen LogP contribution in [0.3, 0.4) is 0 Å². The number of rotatable bonds is 4. The molecule has 20 heavy (non-hydrogen) atoms. The van der Waals surface area contributed by atoms with E-state index >= 15 is 0 Å². The van der Waals surface area contributed by atoms with E-state index in [-0.39, 0.29) is 28.3 Å². The molecule has 0 spiro atoms. The zero-order valence-electron chi connectivity index (χ0n) is 10.0. The first kappa shape index (κ1) is 13.1. The van der Waals surface area contributed by atoms with Gasteiger partial charge in [0, 0.05) is 4.98 Å². The molecule has 0 N–H and O–H groups in total. The van der Waals surface area contributed by atoms with Gasteiger partial charge in [0.05, 0.1) is 12.3 Å². The summed E-state index contributed by atoms with van der Waals surface area (Å²) < 4.78 is 31.3. The Morgan fingerprint density at radius 3 is 3.00 bits per heavy atom. The fourth-order valence-electron chi connectivity index (χ4n) is 1.96. The number of aromatic nitrogens is 2. The second kappa shape index (κ2) is 4.56. The minimum absolute atomic E-state index is 0.0862. The molecule has 3 heterocycles. The quantitative estimate of drug-likeness (QED) is 0.618.